The molecule has 0 aromatic heterocycles. The number of benzene rings is 2. The summed E-state index contributed by atoms with van der Waals surface area (Å²) in [5.41, 5.74) is 12.6. The van der Waals surface area contributed by atoms with E-state index in [1.54, 1.807) is 22.3 Å². The summed E-state index contributed by atoms with van der Waals surface area (Å²) >= 11 is 0. The largest absolute Gasteiger partial charge is 0.0620 e. The molecule has 0 heterocycles. The number of allylic oxidation sites excluding steroid dienone is 6. The van der Waals surface area contributed by atoms with Gasteiger partial charge in [-0.3, -0.25) is 0 Å². The lowest BCUT2D eigenvalue weighted by Gasteiger charge is -2.34. The highest BCUT2D eigenvalue weighted by molar-refractivity contribution is 5.96. The molecular formula is C22H16. The zero-order chi connectivity index (χ0) is 14.3. The zero-order valence-corrected chi connectivity index (χ0v) is 12.3. The lowest BCUT2D eigenvalue weighted by molar-refractivity contribution is 0.736. The SMILES string of the molecule is C1=CC2=C3c4ccccc4C[C@H]3C1=C1c3ccccc3C[C@H]21. The fourth-order valence-corrected chi connectivity index (χ4v) is 5.15. The van der Waals surface area contributed by atoms with Crippen LogP contribution in [0.3, 0.4) is 0 Å². The summed E-state index contributed by atoms with van der Waals surface area (Å²) < 4.78 is 0. The first-order valence-electron chi connectivity index (χ1n) is 8.24. The molecule has 0 spiro atoms. The van der Waals surface area contributed by atoms with Gasteiger partial charge < -0.3 is 0 Å². The Morgan fingerprint density at radius 3 is 1.55 bits per heavy atom. The normalized spacial score (nSPS) is 26.2. The van der Waals surface area contributed by atoms with Gasteiger partial charge in [-0.05, 0) is 57.4 Å². The summed E-state index contributed by atoms with van der Waals surface area (Å²) in [6.45, 7) is 0. The number of hydrogen-bond acceptors (Lipinski definition) is 0. The summed E-state index contributed by atoms with van der Waals surface area (Å²) in [6.07, 6.45) is 7.19. The minimum Gasteiger partial charge on any atom is -0.0620 e. The highest BCUT2D eigenvalue weighted by atomic mass is 14.5. The van der Waals surface area contributed by atoms with E-state index < -0.39 is 0 Å². The number of rotatable bonds is 0. The van der Waals surface area contributed by atoms with Gasteiger partial charge in [0.1, 0.15) is 0 Å². The van der Waals surface area contributed by atoms with Crippen molar-refractivity contribution >= 4 is 11.1 Å². The average Bonchev–Trinajstić information content (AvgIpc) is 3.15. The van der Waals surface area contributed by atoms with Gasteiger partial charge in [0.2, 0.25) is 0 Å². The van der Waals surface area contributed by atoms with Crippen molar-refractivity contribution in [3.8, 4) is 0 Å². The van der Waals surface area contributed by atoms with Crippen molar-refractivity contribution in [2.24, 2.45) is 11.8 Å². The molecule has 0 aliphatic heterocycles. The predicted octanol–water partition coefficient (Wildman–Crippen LogP) is 4.82. The molecule has 7 rings (SSSR count). The first-order valence-corrected chi connectivity index (χ1v) is 8.24. The van der Waals surface area contributed by atoms with E-state index in [4.69, 9.17) is 0 Å². The first-order chi connectivity index (χ1) is 10.9. The molecule has 0 amide bonds. The van der Waals surface area contributed by atoms with Crippen LogP contribution in [0.15, 0.2) is 71.8 Å². The maximum absolute atomic E-state index is 2.41. The smallest absolute Gasteiger partial charge is 0.0142 e. The maximum atomic E-state index is 2.41. The number of fused-ring (bicyclic) bond motifs is 2. The van der Waals surface area contributed by atoms with Crippen LogP contribution in [0, 0.1) is 11.8 Å². The highest BCUT2D eigenvalue weighted by Gasteiger charge is 2.44. The van der Waals surface area contributed by atoms with Gasteiger partial charge in [0.05, 0.1) is 0 Å². The molecule has 0 saturated carbocycles. The summed E-state index contributed by atoms with van der Waals surface area (Å²) in [6, 6.07) is 18.0. The van der Waals surface area contributed by atoms with Gasteiger partial charge in [0.25, 0.3) is 0 Å². The van der Waals surface area contributed by atoms with Crippen LogP contribution in [0.1, 0.15) is 22.3 Å². The third kappa shape index (κ3) is 1.17. The third-order valence-corrected chi connectivity index (χ3v) is 5.98. The average molecular weight is 280 g/mol. The lowest BCUT2D eigenvalue weighted by Crippen LogP contribution is -2.21. The Kier molecular flexibility index (Phi) is 1.89. The maximum Gasteiger partial charge on any atom is 0.0142 e. The predicted molar refractivity (Wildman–Crippen MR) is 90.3 cm³/mol. The van der Waals surface area contributed by atoms with Crippen LogP contribution in [0.5, 0.6) is 0 Å². The van der Waals surface area contributed by atoms with E-state index in [1.165, 1.54) is 35.1 Å². The van der Waals surface area contributed by atoms with Crippen LogP contribution in [-0.2, 0) is 12.8 Å². The van der Waals surface area contributed by atoms with E-state index in [0.717, 1.165) is 0 Å². The Balaban J connectivity index is 1.66. The minimum atomic E-state index is 0.606. The monoisotopic (exact) mass is 280 g/mol. The van der Waals surface area contributed by atoms with Gasteiger partial charge in [-0.1, -0.05) is 60.7 Å². The fraction of sp³-hybridized carbons (Fsp3) is 0.182. The van der Waals surface area contributed by atoms with Crippen LogP contribution >= 0.6 is 0 Å². The summed E-state index contributed by atoms with van der Waals surface area (Å²) in [4.78, 5) is 0. The van der Waals surface area contributed by atoms with Crippen LogP contribution in [0.2, 0.25) is 0 Å². The second-order valence-corrected chi connectivity index (χ2v) is 6.90. The molecule has 0 unspecified atom stereocenters. The molecule has 0 saturated heterocycles. The van der Waals surface area contributed by atoms with E-state index >= 15 is 0 Å². The van der Waals surface area contributed by atoms with E-state index in [-0.39, 0.29) is 0 Å². The van der Waals surface area contributed by atoms with Crippen molar-refractivity contribution in [2.75, 3.05) is 0 Å². The summed E-state index contributed by atoms with van der Waals surface area (Å²) in [5.74, 6) is 1.21. The second kappa shape index (κ2) is 3.70. The molecule has 104 valence electrons. The van der Waals surface area contributed by atoms with Gasteiger partial charge in [-0.15, -0.1) is 0 Å². The van der Waals surface area contributed by atoms with Gasteiger partial charge in [0, 0.05) is 11.8 Å². The van der Waals surface area contributed by atoms with Crippen molar-refractivity contribution in [1.29, 1.82) is 0 Å². The zero-order valence-electron chi connectivity index (χ0n) is 12.3. The molecule has 0 radical (unpaired) electrons. The van der Waals surface area contributed by atoms with Crippen molar-refractivity contribution < 1.29 is 0 Å². The Morgan fingerprint density at radius 1 is 0.591 bits per heavy atom. The molecule has 2 atom stereocenters. The fourth-order valence-electron chi connectivity index (χ4n) is 5.15. The summed E-state index contributed by atoms with van der Waals surface area (Å²) in [5, 5.41) is 0. The van der Waals surface area contributed by atoms with Crippen molar-refractivity contribution in [3.63, 3.8) is 0 Å². The molecule has 5 aliphatic carbocycles. The number of hydrogen-bond donors (Lipinski definition) is 0. The second-order valence-electron chi connectivity index (χ2n) is 6.90. The quantitative estimate of drug-likeness (QED) is 0.649. The van der Waals surface area contributed by atoms with E-state index in [0.29, 0.717) is 11.8 Å². The topological polar surface area (TPSA) is 0 Å². The molecular weight excluding hydrogens is 264 g/mol. The molecule has 0 heteroatoms. The molecule has 0 nitrogen and oxygen atoms in total. The first kappa shape index (κ1) is 11.3. The van der Waals surface area contributed by atoms with Crippen LogP contribution in [-0.4, -0.2) is 0 Å². The van der Waals surface area contributed by atoms with E-state index in [2.05, 4.69) is 60.7 Å². The van der Waals surface area contributed by atoms with Gasteiger partial charge in [-0.2, -0.15) is 0 Å². The highest BCUT2D eigenvalue weighted by Crippen LogP contribution is 2.58. The lowest BCUT2D eigenvalue weighted by atomic mass is 9.69. The Labute approximate surface area is 130 Å². The van der Waals surface area contributed by atoms with Crippen LogP contribution < -0.4 is 0 Å². The van der Waals surface area contributed by atoms with Crippen molar-refractivity contribution in [1.82, 2.24) is 0 Å². The van der Waals surface area contributed by atoms with Crippen molar-refractivity contribution in [2.45, 2.75) is 12.8 Å². The molecule has 22 heavy (non-hydrogen) atoms. The Morgan fingerprint density at radius 2 is 1.05 bits per heavy atom. The van der Waals surface area contributed by atoms with E-state index in [9.17, 15) is 0 Å². The van der Waals surface area contributed by atoms with Crippen LogP contribution in [0.4, 0.5) is 0 Å². The third-order valence-electron chi connectivity index (χ3n) is 5.98. The molecule has 5 aliphatic rings. The van der Waals surface area contributed by atoms with Gasteiger partial charge in [0.15, 0.2) is 0 Å². The Bertz CT molecular complexity index is 859. The summed E-state index contributed by atoms with van der Waals surface area (Å²) in [7, 11) is 0. The van der Waals surface area contributed by atoms with Gasteiger partial charge >= 0.3 is 0 Å². The molecule has 2 bridgehead atoms. The molecule has 2 aromatic carbocycles. The van der Waals surface area contributed by atoms with E-state index in [1.807, 2.05) is 0 Å². The molecule has 0 N–H and O–H groups in total. The molecule has 2 aromatic rings. The molecule has 0 fully saturated rings. The van der Waals surface area contributed by atoms with Gasteiger partial charge in [-0.25, -0.2) is 0 Å². The minimum absolute atomic E-state index is 0.606. The van der Waals surface area contributed by atoms with Crippen molar-refractivity contribution in [3.05, 3.63) is 94.1 Å². The standard InChI is InChI=1S/C22H16/c1-3-7-15-13(5-1)11-19-17-9-10-18(21(15)19)20-12-14-6-2-4-8-16(14)22(17)20/h1-10,19-20H,11-12H2/t19-,20+. The Hall–Kier alpha value is -2.34. The van der Waals surface area contributed by atoms with Crippen LogP contribution in [0.25, 0.3) is 11.1 Å².